The number of benzene rings is 1. The first-order chi connectivity index (χ1) is 9.80. The van der Waals surface area contributed by atoms with Crippen molar-refractivity contribution in [1.82, 2.24) is 14.1 Å². The largest absolute Gasteiger partial charge is 0.378 e. The van der Waals surface area contributed by atoms with E-state index in [1.807, 2.05) is 26.2 Å². The molecule has 0 saturated heterocycles. The van der Waals surface area contributed by atoms with Gasteiger partial charge < -0.3 is 5.32 Å². The Kier molecular flexibility index (Phi) is 4.34. The first-order valence-corrected chi connectivity index (χ1v) is 8.02. The molecule has 0 radical (unpaired) electrons. The molecule has 21 heavy (non-hydrogen) atoms. The van der Waals surface area contributed by atoms with Gasteiger partial charge in [-0.05, 0) is 25.1 Å². The number of nitrogens with zero attached hydrogens (tertiary/aromatic N) is 3. The maximum Gasteiger partial charge on any atom is 0.242 e. The molecule has 6 nitrogen and oxygen atoms in total. The number of hydrogen-bond donors (Lipinski definition) is 1. The van der Waals surface area contributed by atoms with Crippen LogP contribution >= 0.6 is 0 Å². The van der Waals surface area contributed by atoms with Gasteiger partial charge in [-0.1, -0.05) is 6.07 Å². The maximum atomic E-state index is 12.1. The van der Waals surface area contributed by atoms with E-state index in [9.17, 15) is 8.42 Å². The number of nitrogens with one attached hydrogen (secondary N) is 1. The zero-order chi connectivity index (χ0) is 15.6. The summed E-state index contributed by atoms with van der Waals surface area (Å²) in [5.74, 6) is 0. The Bertz CT molecular complexity index is 722. The zero-order valence-electron chi connectivity index (χ0n) is 12.6. The molecule has 0 fully saturated rings. The van der Waals surface area contributed by atoms with E-state index in [0.29, 0.717) is 0 Å². The Morgan fingerprint density at radius 3 is 2.62 bits per heavy atom. The highest BCUT2D eigenvalue weighted by molar-refractivity contribution is 7.89. The summed E-state index contributed by atoms with van der Waals surface area (Å²) in [5, 5.41) is 7.42. The molecule has 0 spiro atoms. The van der Waals surface area contributed by atoms with Gasteiger partial charge in [0.1, 0.15) is 0 Å². The Labute approximate surface area is 125 Å². The number of hydrogen-bond acceptors (Lipinski definition) is 4. The van der Waals surface area contributed by atoms with Crippen molar-refractivity contribution in [2.45, 2.75) is 17.9 Å². The molecule has 1 aromatic carbocycles. The van der Waals surface area contributed by atoms with E-state index in [-0.39, 0.29) is 10.9 Å². The number of anilines is 1. The standard InChI is InChI=1S/C14H20N4O2S/c1-11(12-9-15-18(4)10-12)16-13-6-5-7-14(8-13)21(19,20)17(2)3/h5-11,16H,1-4H3. The number of aromatic nitrogens is 2. The van der Waals surface area contributed by atoms with Crippen LogP contribution in [0.25, 0.3) is 0 Å². The van der Waals surface area contributed by atoms with Crippen LogP contribution in [0.15, 0.2) is 41.6 Å². The van der Waals surface area contributed by atoms with E-state index in [1.165, 1.54) is 18.4 Å². The third-order valence-electron chi connectivity index (χ3n) is 3.22. The van der Waals surface area contributed by atoms with Crippen LogP contribution in [0.3, 0.4) is 0 Å². The van der Waals surface area contributed by atoms with Gasteiger partial charge in [0.05, 0.1) is 17.1 Å². The molecular weight excluding hydrogens is 288 g/mol. The number of sulfonamides is 1. The molecule has 114 valence electrons. The minimum absolute atomic E-state index is 0.0380. The van der Waals surface area contributed by atoms with Crippen LogP contribution in [-0.2, 0) is 17.1 Å². The minimum Gasteiger partial charge on any atom is -0.378 e. The van der Waals surface area contributed by atoms with Gasteiger partial charge in [0, 0.05) is 38.6 Å². The lowest BCUT2D eigenvalue weighted by Gasteiger charge is -2.16. The van der Waals surface area contributed by atoms with Gasteiger partial charge >= 0.3 is 0 Å². The van der Waals surface area contributed by atoms with Crippen LogP contribution in [-0.4, -0.2) is 36.6 Å². The predicted molar refractivity (Wildman–Crippen MR) is 82.6 cm³/mol. The minimum atomic E-state index is -3.42. The third kappa shape index (κ3) is 3.43. The molecule has 7 heteroatoms. The van der Waals surface area contributed by atoms with Crippen LogP contribution in [0.1, 0.15) is 18.5 Å². The van der Waals surface area contributed by atoms with Crippen molar-refractivity contribution in [1.29, 1.82) is 0 Å². The lowest BCUT2D eigenvalue weighted by atomic mass is 10.2. The highest BCUT2D eigenvalue weighted by Gasteiger charge is 2.17. The first kappa shape index (κ1) is 15.5. The van der Waals surface area contributed by atoms with Crippen molar-refractivity contribution >= 4 is 15.7 Å². The van der Waals surface area contributed by atoms with Crippen LogP contribution in [0.5, 0.6) is 0 Å². The molecule has 0 aliphatic rings. The second kappa shape index (κ2) is 5.87. The predicted octanol–water partition coefficient (Wildman–Crippen LogP) is 1.84. The maximum absolute atomic E-state index is 12.1. The van der Waals surface area contributed by atoms with Crippen molar-refractivity contribution < 1.29 is 8.42 Å². The summed E-state index contributed by atoms with van der Waals surface area (Å²) in [7, 11) is 1.49. The molecule has 2 rings (SSSR count). The molecule has 0 aliphatic heterocycles. The van der Waals surface area contributed by atoms with Crippen LogP contribution in [0, 0.1) is 0 Å². The fourth-order valence-electron chi connectivity index (χ4n) is 1.95. The molecule has 0 bridgehead atoms. The van der Waals surface area contributed by atoms with Crippen molar-refractivity contribution in [2.75, 3.05) is 19.4 Å². The van der Waals surface area contributed by atoms with E-state index >= 15 is 0 Å². The summed E-state index contributed by atoms with van der Waals surface area (Å²) in [6.07, 6.45) is 3.72. The lowest BCUT2D eigenvalue weighted by molar-refractivity contribution is 0.521. The van der Waals surface area contributed by atoms with E-state index in [2.05, 4.69) is 10.4 Å². The quantitative estimate of drug-likeness (QED) is 0.915. The SMILES string of the molecule is CC(Nc1cccc(S(=O)(=O)N(C)C)c1)c1cnn(C)c1. The average Bonchev–Trinajstić information content (AvgIpc) is 2.85. The number of aryl methyl sites for hydroxylation is 1. The van der Waals surface area contributed by atoms with Gasteiger partial charge in [-0.25, -0.2) is 12.7 Å². The van der Waals surface area contributed by atoms with Crippen molar-refractivity contribution in [3.8, 4) is 0 Å². The average molecular weight is 308 g/mol. The Morgan fingerprint density at radius 1 is 1.33 bits per heavy atom. The lowest BCUT2D eigenvalue weighted by Crippen LogP contribution is -2.22. The Balaban J connectivity index is 2.22. The second-order valence-corrected chi connectivity index (χ2v) is 7.28. The summed E-state index contributed by atoms with van der Waals surface area (Å²) >= 11 is 0. The summed E-state index contributed by atoms with van der Waals surface area (Å²) in [6, 6.07) is 6.85. The van der Waals surface area contributed by atoms with E-state index in [4.69, 9.17) is 0 Å². The van der Waals surface area contributed by atoms with Gasteiger partial charge in [0.25, 0.3) is 0 Å². The van der Waals surface area contributed by atoms with Crippen LogP contribution in [0.4, 0.5) is 5.69 Å². The molecule has 1 N–H and O–H groups in total. The summed E-state index contributed by atoms with van der Waals surface area (Å²) in [6.45, 7) is 2.00. The monoisotopic (exact) mass is 308 g/mol. The number of rotatable bonds is 5. The van der Waals surface area contributed by atoms with Crippen molar-refractivity contribution in [3.63, 3.8) is 0 Å². The van der Waals surface area contributed by atoms with E-state index in [0.717, 1.165) is 11.3 Å². The van der Waals surface area contributed by atoms with Crippen molar-refractivity contribution in [3.05, 3.63) is 42.2 Å². The van der Waals surface area contributed by atoms with Gasteiger partial charge in [0.15, 0.2) is 0 Å². The highest BCUT2D eigenvalue weighted by atomic mass is 32.2. The van der Waals surface area contributed by atoms with E-state index < -0.39 is 10.0 Å². The molecule has 1 heterocycles. The fraction of sp³-hybridized carbons (Fsp3) is 0.357. The molecule has 2 aromatic rings. The molecule has 0 saturated carbocycles. The zero-order valence-corrected chi connectivity index (χ0v) is 13.4. The van der Waals surface area contributed by atoms with Crippen molar-refractivity contribution in [2.24, 2.45) is 7.05 Å². The third-order valence-corrected chi connectivity index (χ3v) is 5.03. The molecule has 1 aromatic heterocycles. The van der Waals surface area contributed by atoms with Gasteiger partial charge in [-0.3, -0.25) is 4.68 Å². The fourth-order valence-corrected chi connectivity index (χ4v) is 2.90. The van der Waals surface area contributed by atoms with Gasteiger partial charge in [-0.2, -0.15) is 5.10 Å². The van der Waals surface area contributed by atoms with E-state index in [1.54, 1.807) is 29.1 Å². The Hall–Kier alpha value is -1.86. The highest BCUT2D eigenvalue weighted by Crippen LogP contribution is 2.22. The van der Waals surface area contributed by atoms with Crippen LogP contribution < -0.4 is 5.32 Å². The molecule has 1 atom stereocenters. The molecular formula is C14H20N4O2S. The summed E-state index contributed by atoms with van der Waals surface area (Å²) in [5.41, 5.74) is 1.80. The normalized spacial score (nSPS) is 13.4. The molecule has 0 aliphatic carbocycles. The smallest absolute Gasteiger partial charge is 0.242 e. The molecule has 1 unspecified atom stereocenters. The van der Waals surface area contributed by atoms with Gasteiger partial charge in [-0.15, -0.1) is 0 Å². The van der Waals surface area contributed by atoms with Crippen LogP contribution in [0.2, 0.25) is 0 Å². The second-order valence-electron chi connectivity index (χ2n) is 5.13. The Morgan fingerprint density at radius 2 is 2.05 bits per heavy atom. The summed E-state index contributed by atoms with van der Waals surface area (Å²) in [4.78, 5) is 0.274. The molecule has 0 amide bonds. The van der Waals surface area contributed by atoms with Gasteiger partial charge in [0.2, 0.25) is 10.0 Å². The summed E-state index contributed by atoms with van der Waals surface area (Å²) < 4.78 is 27.2. The topological polar surface area (TPSA) is 67.2 Å². The first-order valence-electron chi connectivity index (χ1n) is 6.58.